The Kier molecular flexibility index (Phi) is 24.6. The number of hydrogen-bond donors (Lipinski definition) is 0. The van der Waals surface area contributed by atoms with E-state index in [2.05, 4.69) is 275 Å². The maximum atomic E-state index is 2.60. The van der Waals surface area contributed by atoms with Crippen LogP contribution in [-0.4, -0.2) is 0 Å². The van der Waals surface area contributed by atoms with Gasteiger partial charge in [-0.3, -0.25) is 0 Å². The van der Waals surface area contributed by atoms with Crippen molar-refractivity contribution in [1.29, 1.82) is 0 Å². The molecule has 1 aliphatic rings. The van der Waals surface area contributed by atoms with Crippen LogP contribution in [0.2, 0.25) is 0 Å². The zero-order valence-corrected chi connectivity index (χ0v) is 50.3. The Morgan fingerprint density at radius 3 is 1.32 bits per heavy atom. The SMILES string of the molecule is C/C=C\C=C/C.CC(C)C.CC(C)C.CC=CC(C)(C)C1C=c2c(-c3cc(-c4ccc(I)cc4)cc(-c4ccc(CCCC)cc4)c3)cccc2=C(c2cc(-c3ccccc3)cc(-c3ccc(CCCC)cc3)c2)C1. The van der Waals surface area contributed by atoms with Gasteiger partial charge in [0.1, 0.15) is 0 Å². The van der Waals surface area contributed by atoms with Crippen molar-refractivity contribution in [3.63, 3.8) is 0 Å². The fraction of sp³-hybridized carbons (Fsp3) is 0.324. The van der Waals surface area contributed by atoms with Gasteiger partial charge in [0.2, 0.25) is 0 Å². The molecule has 392 valence electrons. The third-order valence-corrected chi connectivity index (χ3v) is 14.0. The number of aryl methyl sites for hydroxylation is 2. The Labute approximate surface area is 469 Å². The van der Waals surface area contributed by atoms with Crippen LogP contribution in [0.5, 0.6) is 0 Å². The summed E-state index contributed by atoms with van der Waals surface area (Å²) < 4.78 is 1.24. The highest BCUT2D eigenvalue weighted by Gasteiger charge is 2.29. The molecule has 0 saturated carbocycles. The molecule has 0 nitrogen and oxygen atoms in total. The molecule has 1 unspecified atom stereocenters. The summed E-state index contributed by atoms with van der Waals surface area (Å²) in [7, 11) is 0. The molecule has 0 radical (unpaired) electrons. The molecule has 75 heavy (non-hydrogen) atoms. The van der Waals surface area contributed by atoms with Crippen LogP contribution in [0.3, 0.4) is 0 Å². The van der Waals surface area contributed by atoms with E-state index in [0.29, 0.717) is 5.92 Å². The smallest absolute Gasteiger partial charge is 0.0130 e. The Balaban J connectivity index is 0.000000660. The first-order chi connectivity index (χ1) is 36.1. The van der Waals surface area contributed by atoms with Gasteiger partial charge in [0.15, 0.2) is 0 Å². The third kappa shape index (κ3) is 18.5. The van der Waals surface area contributed by atoms with Gasteiger partial charge >= 0.3 is 0 Å². The second-order valence-electron chi connectivity index (χ2n) is 22.1. The lowest BCUT2D eigenvalue weighted by Crippen LogP contribution is -2.37. The van der Waals surface area contributed by atoms with Gasteiger partial charge in [-0.2, -0.15) is 0 Å². The molecule has 7 aromatic rings. The fourth-order valence-corrected chi connectivity index (χ4v) is 9.75. The largest absolute Gasteiger partial charge is 0.0911 e. The van der Waals surface area contributed by atoms with E-state index in [0.717, 1.165) is 31.1 Å². The molecule has 0 heterocycles. The van der Waals surface area contributed by atoms with Gasteiger partial charge in [-0.25, -0.2) is 0 Å². The van der Waals surface area contributed by atoms with Crippen LogP contribution < -0.4 is 10.4 Å². The van der Waals surface area contributed by atoms with Gasteiger partial charge in [0, 0.05) is 3.57 Å². The van der Waals surface area contributed by atoms with E-state index in [-0.39, 0.29) is 5.41 Å². The molecule has 0 fully saturated rings. The maximum absolute atomic E-state index is 2.60. The first kappa shape index (κ1) is 60.1. The van der Waals surface area contributed by atoms with Gasteiger partial charge in [0.25, 0.3) is 0 Å². The molecule has 8 rings (SSSR count). The van der Waals surface area contributed by atoms with E-state index in [4.69, 9.17) is 0 Å². The van der Waals surface area contributed by atoms with Crippen molar-refractivity contribution in [3.8, 4) is 55.6 Å². The molecular formula is C74H89I. The van der Waals surface area contributed by atoms with Crippen molar-refractivity contribution >= 4 is 34.2 Å². The van der Waals surface area contributed by atoms with Crippen LogP contribution >= 0.6 is 22.6 Å². The number of rotatable bonds is 15. The standard InChI is InChI=1S/C60H59I.C6H10.2C4H10/c1-6-9-15-42-21-25-45(26-22-42)49-35-50(47-29-31-55(61)32-30-47)37-52(36-49)56-19-14-20-57-58(40-54(41-59(56)57)60(4,5)33-8-3)53-38-48(44-17-12-11-13-18-44)34-51(39-53)46-27-23-43(24-28-46)16-10-7-2;1-3-5-6-4-2;2*1-4(2)3/h8,11-14,17-39,41,54H,6-7,9-10,15-16,40H2,1-5H3;3-6H,1-2H3;2*4H,1-3H3/b;5-3-,6-4-;;. The zero-order chi connectivity index (χ0) is 54.3. The number of halogens is 1. The van der Waals surface area contributed by atoms with Crippen molar-refractivity contribution < 1.29 is 0 Å². The summed E-state index contributed by atoms with van der Waals surface area (Å²) in [5.74, 6) is 1.96. The topological polar surface area (TPSA) is 0 Å². The van der Waals surface area contributed by atoms with Gasteiger partial charge in [-0.15, -0.1) is 0 Å². The monoisotopic (exact) mass is 1100 g/mol. The summed E-state index contributed by atoms with van der Waals surface area (Å²) in [5, 5.41) is 2.66. The molecule has 1 atom stereocenters. The number of fused-ring (bicyclic) bond motifs is 1. The van der Waals surface area contributed by atoms with Crippen LogP contribution in [0.25, 0.3) is 67.3 Å². The molecule has 0 aliphatic heterocycles. The molecule has 0 aromatic heterocycles. The average Bonchev–Trinajstić information content (AvgIpc) is 3.41. The lowest BCUT2D eigenvalue weighted by atomic mass is 9.71. The van der Waals surface area contributed by atoms with E-state index in [1.54, 1.807) is 0 Å². The number of hydrogen-bond acceptors (Lipinski definition) is 0. The van der Waals surface area contributed by atoms with Crippen molar-refractivity contribution in [2.75, 3.05) is 0 Å². The lowest BCUT2D eigenvalue weighted by Gasteiger charge is -2.33. The highest BCUT2D eigenvalue weighted by atomic mass is 127. The van der Waals surface area contributed by atoms with Crippen LogP contribution in [0.15, 0.2) is 194 Å². The molecule has 1 aliphatic carbocycles. The van der Waals surface area contributed by atoms with Crippen molar-refractivity contribution in [1.82, 2.24) is 0 Å². The van der Waals surface area contributed by atoms with Crippen LogP contribution in [0.4, 0.5) is 0 Å². The number of unbranched alkanes of at least 4 members (excludes halogenated alkanes) is 2. The van der Waals surface area contributed by atoms with Crippen LogP contribution in [0, 0.1) is 26.7 Å². The average molecular weight is 1110 g/mol. The Morgan fingerprint density at radius 2 is 0.893 bits per heavy atom. The number of benzene rings is 7. The van der Waals surface area contributed by atoms with Crippen molar-refractivity contribution in [2.45, 2.75) is 135 Å². The Morgan fingerprint density at radius 1 is 0.480 bits per heavy atom. The quantitative estimate of drug-likeness (QED) is 0.0545. The van der Waals surface area contributed by atoms with Crippen molar-refractivity contribution in [2.24, 2.45) is 23.2 Å². The van der Waals surface area contributed by atoms with Gasteiger partial charge in [0.05, 0.1) is 0 Å². The summed E-state index contributed by atoms with van der Waals surface area (Å²) >= 11 is 2.41. The fourth-order valence-electron chi connectivity index (χ4n) is 9.39. The van der Waals surface area contributed by atoms with Crippen molar-refractivity contribution in [3.05, 3.63) is 225 Å². The second kappa shape index (κ2) is 30.7. The van der Waals surface area contributed by atoms with E-state index < -0.39 is 0 Å². The molecule has 0 saturated heterocycles. The summed E-state index contributed by atoms with van der Waals surface area (Å²) in [4.78, 5) is 0. The highest BCUT2D eigenvalue weighted by molar-refractivity contribution is 14.1. The first-order valence-electron chi connectivity index (χ1n) is 28.1. The van der Waals surface area contributed by atoms with E-state index in [1.165, 1.54) is 118 Å². The van der Waals surface area contributed by atoms with E-state index in [1.807, 2.05) is 38.2 Å². The van der Waals surface area contributed by atoms with Gasteiger partial charge < -0.3 is 0 Å². The zero-order valence-electron chi connectivity index (χ0n) is 48.1. The van der Waals surface area contributed by atoms with E-state index in [9.17, 15) is 0 Å². The second-order valence-corrected chi connectivity index (χ2v) is 23.4. The third-order valence-electron chi connectivity index (χ3n) is 13.3. The molecule has 1 heteroatoms. The van der Waals surface area contributed by atoms with Crippen LogP contribution in [0.1, 0.15) is 139 Å². The molecule has 0 spiro atoms. The summed E-state index contributed by atoms with van der Waals surface area (Å²) in [6.07, 6.45) is 23.3. The molecule has 0 bridgehead atoms. The van der Waals surface area contributed by atoms with Crippen LogP contribution in [-0.2, 0) is 12.8 Å². The minimum Gasteiger partial charge on any atom is -0.0911 e. The predicted molar refractivity (Wildman–Crippen MR) is 344 cm³/mol. The minimum atomic E-state index is -0.0489. The molecular weight excluding hydrogens is 1020 g/mol. The minimum absolute atomic E-state index is 0.0489. The molecule has 7 aromatic carbocycles. The van der Waals surface area contributed by atoms with Gasteiger partial charge in [-0.1, -0.05) is 234 Å². The Hall–Kier alpha value is -5.77. The first-order valence-corrected chi connectivity index (χ1v) is 29.2. The predicted octanol–water partition coefficient (Wildman–Crippen LogP) is 21.4. The normalized spacial score (nSPS) is 13.2. The summed E-state index contributed by atoms with van der Waals surface area (Å²) in [6.45, 7) is 28.5. The van der Waals surface area contributed by atoms with E-state index >= 15 is 0 Å². The summed E-state index contributed by atoms with van der Waals surface area (Å²) in [6, 6.07) is 60.1. The number of allylic oxidation sites excluding steroid dienone is 6. The highest BCUT2D eigenvalue weighted by Crippen LogP contribution is 2.40. The Bertz CT molecular complexity index is 3010. The molecule has 0 N–H and O–H groups in total. The summed E-state index contributed by atoms with van der Waals surface area (Å²) in [5.41, 5.74) is 18.0. The molecule has 0 amide bonds. The maximum Gasteiger partial charge on any atom is 0.0130 e. The van der Waals surface area contributed by atoms with Gasteiger partial charge in [-0.05, 0) is 236 Å². The lowest BCUT2D eigenvalue weighted by molar-refractivity contribution is 0.364.